The van der Waals surface area contributed by atoms with E-state index in [9.17, 15) is 26.7 Å². The van der Waals surface area contributed by atoms with Crippen molar-refractivity contribution in [3.63, 3.8) is 0 Å². The molecule has 0 saturated carbocycles. The standard InChI is InChI=1S/C12H12F5N5O/c1-6-4-7(2-3-8(6)18)5-21-10(23)22(19)9(20-21)11(13,14)12(15,16)17/h2-4H,5,18-19H2,1H3. The number of nitrogen functional groups attached to an aromatic ring is 2. The third-order valence-corrected chi connectivity index (χ3v) is 3.17. The first kappa shape index (κ1) is 16.8. The van der Waals surface area contributed by atoms with Crippen LogP contribution in [0.3, 0.4) is 0 Å². The van der Waals surface area contributed by atoms with Gasteiger partial charge in [0.2, 0.25) is 5.82 Å². The molecule has 0 unspecified atom stereocenters. The van der Waals surface area contributed by atoms with Crippen LogP contribution < -0.4 is 17.3 Å². The van der Waals surface area contributed by atoms with Crippen molar-refractivity contribution in [1.82, 2.24) is 14.5 Å². The van der Waals surface area contributed by atoms with E-state index in [0.717, 1.165) is 0 Å². The van der Waals surface area contributed by atoms with E-state index in [1.54, 1.807) is 13.0 Å². The van der Waals surface area contributed by atoms with Crippen LogP contribution in [-0.4, -0.2) is 20.6 Å². The fraction of sp³-hybridized carbons (Fsp3) is 0.333. The van der Waals surface area contributed by atoms with E-state index in [-0.39, 0.29) is 11.2 Å². The molecule has 11 heteroatoms. The number of aryl methyl sites for hydroxylation is 1. The number of nitrogens with zero attached hydrogens (tertiary/aromatic N) is 3. The maximum absolute atomic E-state index is 13.3. The molecule has 6 nitrogen and oxygen atoms in total. The minimum Gasteiger partial charge on any atom is -0.399 e. The van der Waals surface area contributed by atoms with Crippen molar-refractivity contribution in [2.75, 3.05) is 11.6 Å². The average Bonchev–Trinajstić information content (AvgIpc) is 2.70. The third kappa shape index (κ3) is 2.85. The van der Waals surface area contributed by atoms with Gasteiger partial charge in [0, 0.05) is 5.69 Å². The van der Waals surface area contributed by atoms with Gasteiger partial charge in [-0.1, -0.05) is 12.1 Å². The van der Waals surface area contributed by atoms with Gasteiger partial charge in [0.15, 0.2) is 0 Å². The number of nitrogens with two attached hydrogens (primary N) is 2. The zero-order valence-corrected chi connectivity index (χ0v) is 11.7. The Balaban J connectivity index is 2.45. The maximum Gasteiger partial charge on any atom is 0.461 e. The van der Waals surface area contributed by atoms with Crippen molar-refractivity contribution in [2.45, 2.75) is 25.6 Å². The van der Waals surface area contributed by atoms with Gasteiger partial charge in [0.25, 0.3) is 0 Å². The van der Waals surface area contributed by atoms with Gasteiger partial charge in [-0.25, -0.2) is 9.48 Å². The minimum atomic E-state index is -5.92. The zero-order chi connectivity index (χ0) is 17.6. The number of hydrogen-bond donors (Lipinski definition) is 2. The topological polar surface area (TPSA) is 91.9 Å². The summed E-state index contributed by atoms with van der Waals surface area (Å²) in [5, 5.41) is 3.04. The average molecular weight is 337 g/mol. The Morgan fingerprint density at radius 3 is 2.35 bits per heavy atom. The molecule has 0 saturated heterocycles. The molecule has 0 radical (unpaired) electrons. The number of anilines is 1. The highest BCUT2D eigenvalue weighted by atomic mass is 19.4. The first-order valence-corrected chi connectivity index (χ1v) is 6.20. The van der Waals surface area contributed by atoms with Gasteiger partial charge in [0.1, 0.15) is 0 Å². The second kappa shape index (κ2) is 5.25. The second-order valence-corrected chi connectivity index (χ2v) is 4.90. The van der Waals surface area contributed by atoms with Crippen LogP contribution in [0.5, 0.6) is 0 Å². The molecule has 126 valence electrons. The number of alkyl halides is 5. The van der Waals surface area contributed by atoms with Crippen LogP contribution in [0.25, 0.3) is 0 Å². The van der Waals surface area contributed by atoms with Crippen LogP contribution in [-0.2, 0) is 12.5 Å². The van der Waals surface area contributed by atoms with Gasteiger partial charge >= 0.3 is 17.8 Å². The molecule has 0 amide bonds. The monoisotopic (exact) mass is 337 g/mol. The van der Waals surface area contributed by atoms with E-state index in [0.29, 0.717) is 21.5 Å². The molecule has 1 heterocycles. The predicted octanol–water partition coefficient (Wildman–Crippen LogP) is 1.35. The predicted molar refractivity (Wildman–Crippen MR) is 71.3 cm³/mol. The lowest BCUT2D eigenvalue weighted by Gasteiger charge is -2.17. The normalized spacial score (nSPS) is 12.6. The van der Waals surface area contributed by atoms with Crippen molar-refractivity contribution in [2.24, 2.45) is 0 Å². The second-order valence-electron chi connectivity index (χ2n) is 4.90. The number of hydrogen-bond acceptors (Lipinski definition) is 4. The Morgan fingerprint density at radius 2 is 1.83 bits per heavy atom. The van der Waals surface area contributed by atoms with E-state index in [2.05, 4.69) is 5.10 Å². The largest absolute Gasteiger partial charge is 0.461 e. The molecule has 23 heavy (non-hydrogen) atoms. The van der Waals surface area contributed by atoms with Crippen molar-refractivity contribution in [1.29, 1.82) is 0 Å². The molecule has 0 fully saturated rings. The first-order valence-electron chi connectivity index (χ1n) is 6.20. The summed E-state index contributed by atoms with van der Waals surface area (Å²) >= 11 is 0. The summed E-state index contributed by atoms with van der Waals surface area (Å²) < 4.78 is 63.9. The van der Waals surface area contributed by atoms with E-state index in [4.69, 9.17) is 11.6 Å². The van der Waals surface area contributed by atoms with Crippen LogP contribution in [0.1, 0.15) is 17.0 Å². The molecule has 2 rings (SSSR count). The Labute approximate surface area is 126 Å². The number of halogens is 5. The molecule has 1 aromatic heterocycles. The molecular weight excluding hydrogens is 325 g/mol. The highest BCUT2D eigenvalue weighted by molar-refractivity contribution is 5.47. The van der Waals surface area contributed by atoms with Crippen molar-refractivity contribution >= 4 is 5.69 Å². The number of aromatic nitrogens is 3. The van der Waals surface area contributed by atoms with E-state index in [1.165, 1.54) is 12.1 Å². The molecule has 0 aliphatic rings. The smallest absolute Gasteiger partial charge is 0.399 e. The van der Waals surface area contributed by atoms with Crippen molar-refractivity contribution < 1.29 is 22.0 Å². The SMILES string of the molecule is Cc1cc(Cn2nc(C(F)(F)C(F)(F)F)n(N)c2=O)ccc1N. The quantitative estimate of drug-likeness (QED) is 0.502. The van der Waals surface area contributed by atoms with E-state index < -0.39 is 23.6 Å². The lowest BCUT2D eigenvalue weighted by molar-refractivity contribution is -0.293. The summed E-state index contributed by atoms with van der Waals surface area (Å²) in [5.74, 6) is -2.20. The summed E-state index contributed by atoms with van der Waals surface area (Å²) in [5.41, 5.74) is 5.89. The van der Waals surface area contributed by atoms with Crippen LogP contribution in [0.4, 0.5) is 27.6 Å². The summed E-state index contributed by atoms with van der Waals surface area (Å²) in [7, 11) is 0. The first-order chi connectivity index (χ1) is 10.4. The van der Waals surface area contributed by atoms with E-state index >= 15 is 0 Å². The van der Waals surface area contributed by atoms with Crippen LogP contribution in [0.15, 0.2) is 23.0 Å². The van der Waals surface area contributed by atoms with Crippen molar-refractivity contribution in [3.05, 3.63) is 45.6 Å². The summed E-state index contributed by atoms with van der Waals surface area (Å²) in [6.07, 6.45) is -5.92. The minimum absolute atomic E-state index is 0.308. The molecule has 4 N–H and O–H groups in total. The fourth-order valence-electron chi connectivity index (χ4n) is 1.87. The Bertz CT molecular complexity index is 792. The van der Waals surface area contributed by atoms with Crippen LogP contribution in [0, 0.1) is 6.92 Å². The van der Waals surface area contributed by atoms with Gasteiger partial charge in [-0.2, -0.15) is 26.6 Å². The lowest BCUT2D eigenvalue weighted by Crippen LogP contribution is -2.40. The molecule has 0 aliphatic carbocycles. The molecule has 1 aromatic carbocycles. The van der Waals surface area contributed by atoms with Gasteiger partial charge in [0.05, 0.1) is 6.54 Å². The summed E-state index contributed by atoms with van der Waals surface area (Å²) in [6, 6.07) is 4.56. The third-order valence-electron chi connectivity index (χ3n) is 3.17. The highest BCUT2D eigenvalue weighted by Crippen LogP contribution is 2.42. The molecule has 0 aliphatic heterocycles. The maximum atomic E-state index is 13.3. The van der Waals surface area contributed by atoms with Gasteiger partial charge < -0.3 is 11.6 Å². The molecular formula is C12H12F5N5O. The van der Waals surface area contributed by atoms with Crippen LogP contribution >= 0.6 is 0 Å². The summed E-state index contributed by atoms with van der Waals surface area (Å²) in [4.78, 5) is 11.7. The highest BCUT2D eigenvalue weighted by Gasteiger charge is 2.62. The number of benzene rings is 1. The molecule has 0 atom stereocenters. The Kier molecular flexibility index (Phi) is 3.83. The van der Waals surface area contributed by atoms with Gasteiger partial charge in [-0.3, -0.25) is 0 Å². The Hall–Kier alpha value is -2.59. The number of rotatable bonds is 3. The van der Waals surface area contributed by atoms with E-state index in [1.807, 2.05) is 0 Å². The van der Waals surface area contributed by atoms with Gasteiger partial charge in [-0.05, 0) is 24.1 Å². The molecule has 2 aromatic rings. The summed E-state index contributed by atoms with van der Waals surface area (Å²) in [6.45, 7) is 1.34. The van der Waals surface area contributed by atoms with Gasteiger partial charge in [-0.15, -0.1) is 5.10 Å². The Morgan fingerprint density at radius 1 is 1.22 bits per heavy atom. The molecule has 0 spiro atoms. The van der Waals surface area contributed by atoms with Crippen molar-refractivity contribution in [3.8, 4) is 0 Å². The fourth-order valence-corrected chi connectivity index (χ4v) is 1.87. The molecule has 0 bridgehead atoms. The zero-order valence-electron chi connectivity index (χ0n) is 11.7. The lowest BCUT2D eigenvalue weighted by atomic mass is 10.1. The van der Waals surface area contributed by atoms with Crippen LogP contribution in [0.2, 0.25) is 0 Å².